The molecule has 0 aliphatic carbocycles. The Kier molecular flexibility index (Phi) is 3.08. The van der Waals surface area contributed by atoms with Crippen molar-refractivity contribution in [2.45, 2.75) is 19.6 Å². The highest BCUT2D eigenvalue weighted by atomic mass is 79.9. The number of benzene rings is 1. The molecular formula is C13H15BrOSi. The molecule has 0 saturated heterocycles. The van der Waals surface area contributed by atoms with E-state index in [9.17, 15) is 0 Å². The summed E-state index contributed by atoms with van der Waals surface area (Å²) >= 11 is 3.43. The van der Waals surface area contributed by atoms with Crippen molar-refractivity contribution < 1.29 is 4.42 Å². The Morgan fingerprint density at radius 3 is 2.19 bits per heavy atom. The lowest BCUT2D eigenvalue weighted by Crippen LogP contribution is -2.36. The van der Waals surface area contributed by atoms with Crippen LogP contribution in [0.2, 0.25) is 19.6 Å². The van der Waals surface area contributed by atoms with Gasteiger partial charge in [0.05, 0.1) is 14.3 Å². The Morgan fingerprint density at radius 2 is 1.69 bits per heavy atom. The fraction of sp³-hybridized carbons (Fsp3) is 0.231. The first kappa shape index (κ1) is 11.7. The maximum absolute atomic E-state index is 5.64. The average molecular weight is 295 g/mol. The second-order valence-electron chi connectivity index (χ2n) is 4.96. The smallest absolute Gasteiger partial charge is 0.133 e. The maximum Gasteiger partial charge on any atom is 0.133 e. The summed E-state index contributed by atoms with van der Waals surface area (Å²) in [5.41, 5.74) is 1.13. The van der Waals surface area contributed by atoms with E-state index in [1.165, 1.54) is 5.19 Å². The van der Waals surface area contributed by atoms with Crippen LogP contribution in [0.3, 0.4) is 0 Å². The fourth-order valence-corrected chi connectivity index (χ4v) is 2.74. The van der Waals surface area contributed by atoms with Gasteiger partial charge in [-0.25, -0.2) is 0 Å². The molecule has 0 radical (unpaired) electrons. The molecule has 0 N–H and O–H groups in total. The molecule has 0 aliphatic rings. The summed E-state index contributed by atoms with van der Waals surface area (Å²) in [6.07, 6.45) is 1.91. The highest BCUT2D eigenvalue weighted by Gasteiger charge is 2.19. The van der Waals surface area contributed by atoms with E-state index in [0.29, 0.717) is 0 Å². The zero-order valence-corrected chi connectivity index (χ0v) is 12.3. The summed E-state index contributed by atoms with van der Waals surface area (Å²) < 4.78 is 6.73. The highest BCUT2D eigenvalue weighted by Crippen LogP contribution is 2.22. The molecule has 0 saturated carbocycles. The second kappa shape index (κ2) is 4.22. The third-order valence-corrected chi connectivity index (χ3v) is 5.12. The molecule has 0 spiro atoms. The van der Waals surface area contributed by atoms with Crippen molar-refractivity contribution >= 4 is 29.2 Å². The van der Waals surface area contributed by atoms with Gasteiger partial charge in [-0.05, 0) is 23.4 Å². The van der Waals surface area contributed by atoms with Gasteiger partial charge in [0.2, 0.25) is 0 Å². The van der Waals surface area contributed by atoms with Crippen molar-refractivity contribution in [1.82, 2.24) is 0 Å². The summed E-state index contributed by atoms with van der Waals surface area (Å²) in [7, 11) is -1.26. The lowest BCUT2D eigenvalue weighted by molar-refractivity contribution is 0.584. The molecule has 0 amide bonds. The zero-order valence-electron chi connectivity index (χ0n) is 9.75. The van der Waals surface area contributed by atoms with Crippen molar-refractivity contribution in [3.05, 3.63) is 41.1 Å². The first-order chi connectivity index (χ1) is 7.47. The minimum absolute atomic E-state index is 0.963. The third-order valence-electron chi connectivity index (χ3n) is 2.59. The van der Waals surface area contributed by atoms with Crippen molar-refractivity contribution in [3.8, 4) is 11.3 Å². The topological polar surface area (TPSA) is 13.1 Å². The van der Waals surface area contributed by atoms with Crippen molar-refractivity contribution in [1.29, 1.82) is 0 Å². The number of hydrogen-bond donors (Lipinski definition) is 0. The zero-order chi connectivity index (χ0) is 11.8. The van der Waals surface area contributed by atoms with Gasteiger partial charge in [0.25, 0.3) is 0 Å². The third kappa shape index (κ3) is 2.47. The predicted octanol–water partition coefficient (Wildman–Crippen LogP) is 4.25. The van der Waals surface area contributed by atoms with Crippen molar-refractivity contribution in [2.75, 3.05) is 0 Å². The Hall–Kier alpha value is -0.803. The minimum Gasteiger partial charge on any atom is -0.464 e. The number of furan rings is 1. The summed E-state index contributed by atoms with van der Waals surface area (Å²) in [4.78, 5) is 0. The maximum atomic E-state index is 5.64. The van der Waals surface area contributed by atoms with Gasteiger partial charge >= 0.3 is 0 Å². The fourth-order valence-electron chi connectivity index (χ4n) is 1.50. The molecule has 0 unspecified atom stereocenters. The molecule has 0 bridgehead atoms. The van der Waals surface area contributed by atoms with Crippen molar-refractivity contribution in [3.63, 3.8) is 0 Å². The predicted molar refractivity (Wildman–Crippen MR) is 74.8 cm³/mol. The van der Waals surface area contributed by atoms with Crippen LogP contribution < -0.4 is 5.19 Å². The molecule has 0 aliphatic heterocycles. The first-order valence-electron chi connectivity index (χ1n) is 5.32. The van der Waals surface area contributed by atoms with Gasteiger partial charge in [-0.15, -0.1) is 0 Å². The van der Waals surface area contributed by atoms with E-state index in [4.69, 9.17) is 4.42 Å². The van der Waals surface area contributed by atoms with Gasteiger partial charge in [0, 0.05) is 10.0 Å². The SMILES string of the molecule is C[Si](C)(C)c1coc(-c2ccc(Br)cc2)c1. The molecule has 2 rings (SSSR count). The van der Waals surface area contributed by atoms with Crippen LogP contribution in [0, 0.1) is 0 Å². The van der Waals surface area contributed by atoms with Crippen LogP contribution in [0.15, 0.2) is 45.5 Å². The van der Waals surface area contributed by atoms with Gasteiger partial charge in [-0.2, -0.15) is 0 Å². The van der Waals surface area contributed by atoms with Gasteiger partial charge in [0.15, 0.2) is 0 Å². The van der Waals surface area contributed by atoms with Crippen molar-refractivity contribution in [2.24, 2.45) is 0 Å². The summed E-state index contributed by atoms with van der Waals surface area (Å²) in [5, 5.41) is 1.37. The van der Waals surface area contributed by atoms with Gasteiger partial charge in [-0.1, -0.05) is 47.7 Å². The van der Waals surface area contributed by atoms with E-state index in [-0.39, 0.29) is 0 Å². The van der Waals surface area contributed by atoms with E-state index in [1.54, 1.807) is 0 Å². The molecule has 0 fully saturated rings. The van der Waals surface area contributed by atoms with Crippen LogP contribution in [0.25, 0.3) is 11.3 Å². The Labute approximate surface area is 106 Å². The summed E-state index contributed by atoms with van der Waals surface area (Å²) in [6, 6.07) is 10.4. The molecule has 3 heteroatoms. The second-order valence-corrected chi connectivity index (χ2v) is 10.9. The molecule has 1 nitrogen and oxygen atoms in total. The van der Waals surface area contributed by atoms with Crippen LogP contribution in [0.1, 0.15) is 0 Å². The lowest BCUT2D eigenvalue weighted by atomic mass is 10.2. The molecule has 16 heavy (non-hydrogen) atoms. The largest absolute Gasteiger partial charge is 0.464 e. The van der Waals surface area contributed by atoms with Crippen LogP contribution in [-0.4, -0.2) is 8.07 Å². The van der Waals surface area contributed by atoms with Gasteiger partial charge in [0.1, 0.15) is 5.76 Å². The molecule has 1 heterocycles. The number of rotatable bonds is 2. The first-order valence-corrected chi connectivity index (χ1v) is 9.61. The minimum atomic E-state index is -1.26. The molecule has 0 atom stereocenters. The van der Waals surface area contributed by atoms with Gasteiger partial charge in [-0.3, -0.25) is 0 Å². The molecule has 1 aromatic heterocycles. The Bertz CT molecular complexity index is 479. The van der Waals surface area contributed by atoms with E-state index < -0.39 is 8.07 Å². The van der Waals surface area contributed by atoms with E-state index in [0.717, 1.165) is 15.8 Å². The standard InChI is InChI=1S/C13H15BrOSi/c1-16(2,3)12-8-13(15-9-12)10-4-6-11(14)7-5-10/h4-9H,1-3H3. The van der Waals surface area contributed by atoms with Crippen LogP contribution in [0.5, 0.6) is 0 Å². The normalized spacial score (nSPS) is 11.8. The number of halogens is 1. The van der Waals surface area contributed by atoms with E-state index >= 15 is 0 Å². The molecule has 84 valence electrons. The van der Waals surface area contributed by atoms with E-state index in [2.05, 4.69) is 53.8 Å². The highest BCUT2D eigenvalue weighted by molar-refractivity contribution is 9.10. The lowest BCUT2D eigenvalue weighted by Gasteiger charge is -2.11. The summed E-state index contributed by atoms with van der Waals surface area (Å²) in [5.74, 6) is 0.963. The molecule has 2 aromatic rings. The Morgan fingerprint density at radius 1 is 1.06 bits per heavy atom. The molecule has 1 aromatic carbocycles. The van der Waals surface area contributed by atoms with E-state index in [1.807, 2.05) is 18.4 Å². The monoisotopic (exact) mass is 294 g/mol. The summed E-state index contributed by atoms with van der Waals surface area (Å²) in [6.45, 7) is 6.97. The quantitative estimate of drug-likeness (QED) is 0.755. The van der Waals surface area contributed by atoms with Crippen LogP contribution >= 0.6 is 15.9 Å². The number of hydrogen-bond acceptors (Lipinski definition) is 1. The van der Waals surface area contributed by atoms with Crippen LogP contribution in [-0.2, 0) is 0 Å². The van der Waals surface area contributed by atoms with Gasteiger partial charge < -0.3 is 4.42 Å². The molecular weight excluding hydrogens is 280 g/mol. The Balaban J connectivity index is 2.35. The van der Waals surface area contributed by atoms with Crippen LogP contribution in [0.4, 0.5) is 0 Å². The average Bonchev–Trinajstić information content (AvgIpc) is 2.67.